The Morgan fingerprint density at radius 3 is 2.80 bits per heavy atom. The summed E-state index contributed by atoms with van der Waals surface area (Å²) in [5, 5.41) is 13.1. The van der Waals surface area contributed by atoms with Gasteiger partial charge >= 0.3 is 0 Å². The zero-order valence-corrected chi connectivity index (χ0v) is 9.71. The Balaban J connectivity index is 2.66. The lowest BCUT2D eigenvalue weighted by Crippen LogP contribution is -2.25. The molecule has 0 amide bonds. The SMILES string of the molecule is CNCC(O)Cc1ccc(OC)c(Cl)c1. The van der Waals surface area contributed by atoms with E-state index in [9.17, 15) is 5.11 Å². The van der Waals surface area contributed by atoms with Crippen molar-refractivity contribution in [3.63, 3.8) is 0 Å². The minimum absolute atomic E-state index is 0.389. The maximum Gasteiger partial charge on any atom is 0.137 e. The fourth-order valence-electron chi connectivity index (χ4n) is 1.42. The highest BCUT2D eigenvalue weighted by molar-refractivity contribution is 6.32. The topological polar surface area (TPSA) is 41.5 Å². The van der Waals surface area contributed by atoms with Crippen LogP contribution in [-0.4, -0.2) is 31.9 Å². The maximum absolute atomic E-state index is 9.58. The first-order chi connectivity index (χ1) is 7.17. The summed E-state index contributed by atoms with van der Waals surface area (Å²) < 4.78 is 5.05. The molecule has 0 aliphatic rings. The van der Waals surface area contributed by atoms with Gasteiger partial charge in [-0.15, -0.1) is 0 Å². The van der Waals surface area contributed by atoms with Gasteiger partial charge in [0.25, 0.3) is 0 Å². The van der Waals surface area contributed by atoms with Crippen LogP contribution in [0.1, 0.15) is 5.56 Å². The van der Waals surface area contributed by atoms with Crippen molar-refractivity contribution in [3.8, 4) is 5.75 Å². The van der Waals surface area contributed by atoms with Crippen LogP contribution in [0.15, 0.2) is 18.2 Å². The predicted molar refractivity (Wildman–Crippen MR) is 61.6 cm³/mol. The number of rotatable bonds is 5. The monoisotopic (exact) mass is 229 g/mol. The van der Waals surface area contributed by atoms with Crippen molar-refractivity contribution in [2.24, 2.45) is 0 Å². The van der Waals surface area contributed by atoms with E-state index in [4.69, 9.17) is 16.3 Å². The molecular formula is C11H16ClNO2. The van der Waals surface area contributed by atoms with E-state index >= 15 is 0 Å². The Morgan fingerprint density at radius 1 is 1.53 bits per heavy atom. The molecule has 0 aromatic heterocycles. The van der Waals surface area contributed by atoms with Crippen molar-refractivity contribution in [2.75, 3.05) is 20.7 Å². The number of benzene rings is 1. The molecule has 1 aromatic carbocycles. The van der Waals surface area contributed by atoms with Crippen molar-refractivity contribution in [1.82, 2.24) is 5.32 Å². The molecule has 0 heterocycles. The highest BCUT2D eigenvalue weighted by atomic mass is 35.5. The first-order valence-corrected chi connectivity index (χ1v) is 5.20. The second-order valence-corrected chi connectivity index (χ2v) is 3.79. The Kier molecular flexibility index (Phi) is 4.88. The third kappa shape index (κ3) is 3.70. The molecule has 0 fully saturated rings. The number of ether oxygens (including phenoxy) is 1. The summed E-state index contributed by atoms with van der Waals surface area (Å²) in [5.74, 6) is 0.656. The number of hydrogen-bond acceptors (Lipinski definition) is 3. The summed E-state index contributed by atoms with van der Waals surface area (Å²) in [6.07, 6.45) is 0.198. The van der Waals surface area contributed by atoms with Gasteiger partial charge in [0.15, 0.2) is 0 Å². The van der Waals surface area contributed by atoms with E-state index in [1.807, 2.05) is 25.2 Å². The van der Waals surface area contributed by atoms with E-state index in [0.29, 0.717) is 23.7 Å². The van der Waals surface area contributed by atoms with Crippen LogP contribution in [0.3, 0.4) is 0 Å². The van der Waals surface area contributed by atoms with Crippen LogP contribution in [0, 0.1) is 0 Å². The van der Waals surface area contributed by atoms with Gasteiger partial charge in [-0.05, 0) is 31.2 Å². The quantitative estimate of drug-likeness (QED) is 0.804. The van der Waals surface area contributed by atoms with Crippen LogP contribution in [0.4, 0.5) is 0 Å². The summed E-state index contributed by atoms with van der Waals surface area (Å²) in [4.78, 5) is 0. The molecule has 1 unspecified atom stereocenters. The van der Waals surface area contributed by atoms with Crippen LogP contribution < -0.4 is 10.1 Å². The number of aliphatic hydroxyl groups is 1. The zero-order valence-electron chi connectivity index (χ0n) is 8.96. The van der Waals surface area contributed by atoms with E-state index in [-0.39, 0.29) is 6.10 Å². The number of likely N-dealkylation sites (N-methyl/N-ethyl adjacent to an activating group) is 1. The minimum Gasteiger partial charge on any atom is -0.495 e. The van der Waals surface area contributed by atoms with Crippen molar-refractivity contribution in [1.29, 1.82) is 0 Å². The van der Waals surface area contributed by atoms with Gasteiger partial charge in [-0.3, -0.25) is 0 Å². The Morgan fingerprint density at radius 2 is 2.27 bits per heavy atom. The van der Waals surface area contributed by atoms with Crippen LogP contribution in [0.2, 0.25) is 5.02 Å². The molecule has 4 heteroatoms. The lowest BCUT2D eigenvalue weighted by molar-refractivity contribution is 0.175. The van der Waals surface area contributed by atoms with Crippen molar-refractivity contribution < 1.29 is 9.84 Å². The molecule has 3 nitrogen and oxygen atoms in total. The highest BCUT2D eigenvalue weighted by Gasteiger charge is 2.06. The van der Waals surface area contributed by atoms with Gasteiger partial charge in [0.2, 0.25) is 0 Å². The third-order valence-electron chi connectivity index (χ3n) is 2.13. The number of nitrogens with one attached hydrogen (secondary N) is 1. The number of methoxy groups -OCH3 is 1. The summed E-state index contributed by atoms with van der Waals surface area (Å²) in [5.41, 5.74) is 1.00. The number of halogens is 1. The largest absolute Gasteiger partial charge is 0.495 e. The fraction of sp³-hybridized carbons (Fsp3) is 0.455. The van der Waals surface area contributed by atoms with Crippen LogP contribution in [0.5, 0.6) is 5.75 Å². The summed E-state index contributed by atoms with van der Waals surface area (Å²) in [6.45, 7) is 0.573. The van der Waals surface area contributed by atoms with Gasteiger partial charge in [-0.25, -0.2) is 0 Å². The first-order valence-electron chi connectivity index (χ1n) is 4.82. The standard InChI is InChI=1S/C11H16ClNO2/c1-13-7-9(14)5-8-3-4-11(15-2)10(12)6-8/h3-4,6,9,13-14H,5,7H2,1-2H3. The summed E-state index contributed by atoms with van der Waals surface area (Å²) >= 11 is 5.97. The normalized spacial score (nSPS) is 12.5. The van der Waals surface area contributed by atoms with Gasteiger partial charge < -0.3 is 15.2 Å². The van der Waals surface area contributed by atoms with E-state index in [1.54, 1.807) is 7.11 Å². The molecule has 0 saturated carbocycles. The van der Waals surface area contributed by atoms with Gasteiger partial charge in [0, 0.05) is 6.54 Å². The Bertz CT molecular complexity index is 317. The molecule has 0 aliphatic carbocycles. The van der Waals surface area contributed by atoms with E-state index < -0.39 is 0 Å². The molecule has 0 saturated heterocycles. The predicted octanol–water partition coefficient (Wildman–Crippen LogP) is 1.47. The number of hydrogen-bond donors (Lipinski definition) is 2. The molecule has 0 aliphatic heterocycles. The smallest absolute Gasteiger partial charge is 0.137 e. The average Bonchev–Trinajstić information content (AvgIpc) is 2.18. The Hall–Kier alpha value is -0.770. The van der Waals surface area contributed by atoms with Crippen molar-refractivity contribution in [2.45, 2.75) is 12.5 Å². The van der Waals surface area contributed by atoms with Gasteiger partial charge in [0.05, 0.1) is 18.2 Å². The highest BCUT2D eigenvalue weighted by Crippen LogP contribution is 2.25. The van der Waals surface area contributed by atoms with E-state index in [0.717, 1.165) is 5.56 Å². The van der Waals surface area contributed by atoms with E-state index in [2.05, 4.69) is 5.32 Å². The summed E-state index contributed by atoms with van der Waals surface area (Å²) in [7, 11) is 3.39. The lowest BCUT2D eigenvalue weighted by Gasteiger charge is -2.11. The van der Waals surface area contributed by atoms with Crippen LogP contribution in [-0.2, 0) is 6.42 Å². The van der Waals surface area contributed by atoms with E-state index in [1.165, 1.54) is 0 Å². The van der Waals surface area contributed by atoms with Crippen LogP contribution >= 0.6 is 11.6 Å². The fourth-order valence-corrected chi connectivity index (χ4v) is 1.70. The molecule has 0 spiro atoms. The minimum atomic E-state index is -0.389. The molecule has 1 rings (SSSR count). The Labute approximate surface area is 95.0 Å². The summed E-state index contributed by atoms with van der Waals surface area (Å²) in [6, 6.07) is 5.53. The molecule has 84 valence electrons. The lowest BCUT2D eigenvalue weighted by atomic mass is 10.1. The molecular weight excluding hydrogens is 214 g/mol. The molecule has 0 radical (unpaired) electrons. The maximum atomic E-state index is 9.58. The molecule has 15 heavy (non-hydrogen) atoms. The average molecular weight is 230 g/mol. The van der Waals surface area contributed by atoms with Gasteiger partial charge in [-0.2, -0.15) is 0 Å². The van der Waals surface area contributed by atoms with Crippen LogP contribution in [0.25, 0.3) is 0 Å². The third-order valence-corrected chi connectivity index (χ3v) is 2.42. The molecule has 1 aromatic rings. The van der Waals surface area contributed by atoms with Crippen molar-refractivity contribution in [3.05, 3.63) is 28.8 Å². The molecule has 0 bridgehead atoms. The molecule has 2 N–H and O–H groups in total. The van der Waals surface area contributed by atoms with Gasteiger partial charge in [0.1, 0.15) is 5.75 Å². The second kappa shape index (κ2) is 5.95. The van der Waals surface area contributed by atoms with Crippen molar-refractivity contribution >= 4 is 11.6 Å². The molecule has 1 atom stereocenters. The first kappa shape index (κ1) is 12.3. The number of aliphatic hydroxyl groups excluding tert-OH is 1. The second-order valence-electron chi connectivity index (χ2n) is 3.38. The zero-order chi connectivity index (χ0) is 11.3. The van der Waals surface area contributed by atoms with Gasteiger partial charge in [-0.1, -0.05) is 17.7 Å².